The first-order valence-corrected chi connectivity index (χ1v) is 10.5. The van der Waals surface area contributed by atoms with E-state index in [2.05, 4.69) is 22.2 Å². The van der Waals surface area contributed by atoms with Gasteiger partial charge in [0.25, 0.3) is 5.91 Å². The second-order valence-electron chi connectivity index (χ2n) is 7.74. The third kappa shape index (κ3) is 4.67. The van der Waals surface area contributed by atoms with Gasteiger partial charge in [-0.15, -0.1) is 0 Å². The highest BCUT2D eigenvalue weighted by Crippen LogP contribution is 2.21. The predicted octanol–water partition coefficient (Wildman–Crippen LogP) is 3.49. The Morgan fingerprint density at radius 3 is 2.97 bits per heavy atom. The minimum Gasteiger partial charge on any atom is -0.441 e. The second kappa shape index (κ2) is 9.07. The lowest BCUT2D eigenvalue weighted by Gasteiger charge is -2.26. The molecule has 1 N–H and O–H groups in total. The summed E-state index contributed by atoms with van der Waals surface area (Å²) in [5, 5.41) is 2.95. The summed E-state index contributed by atoms with van der Waals surface area (Å²) in [6.45, 7) is 3.01. The van der Waals surface area contributed by atoms with Gasteiger partial charge in [0.1, 0.15) is 5.52 Å². The van der Waals surface area contributed by atoms with Crippen molar-refractivity contribution >= 4 is 22.9 Å². The number of aryl methyl sites for hydroxylation is 1. The largest absolute Gasteiger partial charge is 0.441 e. The third-order valence-corrected chi connectivity index (χ3v) is 5.33. The zero-order valence-corrected chi connectivity index (χ0v) is 17.1. The van der Waals surface area contributed by atoms with Gasteiger partial charge < -0.3 is 14.6 Å². The van der Waals surface area contributed by atoms with Crippen molar-refractivity contribution in [3.63, 3.8) is 0 Å². The summed E-state index contributed by atoms with van der Waals surface area (Å²) in [5.74, 6) is 0.648. The summed E-state index contributed by atoms with van der Waals surface area (Å²) in [5.41, 5.74) is 2.90. The summed E-state index contributed by atoms with van der Waals surface area (Å²) in [6, 6.07) is 9.15. The van der Waals surface area contributed by atoms with Crippen LogP contribution in [-0.2, 0) is 17.8 Å². The summed E-state index contributed by atoms with van der Waals surface area (Å²) in [6.07, 6.45) is 7.59. The maximum atomic E-state index is 13.4. The fourth-order valence-corrected chi connectivity index (χ4v) is 3.74. The van der Waals surface area contributed by atoms with Crippen LogP contribution in [0.1, 0.15) is 54.4 Å². The van der Waals surface area contributed by atoms with Gasteiger partial charge in [-0.1, -0.05) is 19.4 Å². The third-order valence-electron chi connectivity index (χ3n) is 5.33. The van der Waals surface area contributed by atoms with E-state index in [9.17, 15) is 9.59 Å². The lowest BCUT2D eigenvalue weighted by atomic mass is 10.1. The van der Waals surface area contributed by atoms with Crippen LogP contribution in [0.2, 0.25) is 0 Å². The molecule has 2 aromatic heterocycles. The Balaban J connectivity index is 1.57. The fourth-order valence-electron chi connectivity index (χ4n) is 3.74. The van der Waals surface area contributed by atoms with E-state index in [0.717, 1.165) is 31.2 Å². The van der Waals surface area contributed by atoms with Crippen LogP contribution in [0.15, 0.2) is 47.1 Å². The predicted molar refractivity (Wildman–Crippen MR) is 113 cm³/mol. The van der Waals surface area contributed by atoms with E-state index in [1.165, 1.54) is 0 Å². The first kappa shape index (κ1) is 20.1. The highest BCUT2D eigenvalue weighted by molar-refractivity contribution is 5.97. The molecule has 1 aliphatic rings. The number of amides is 2. The van der Waals surface area contributed by atoms with Gasteiger partial charge >= 0.3 is 0 Å². The number of nitrogens with one attached hydrogen (secondary N) is 1. The van der Waals surface area contributed by atoms with Gasteiger partial charge in [0.2, 0.25) is 5.91 Å². The van der Waals surface area contributed by atoms with Crippen LogP contribution >= 0.6 is 0 Å². The molecule has 156 valence electrons. The minimum absolute atomic E-state index is 0.0328. The number of aromatic nitrogens is 2. The van der Waals surface area contributed by atoms with Crippen molar-refractivity contribution in [2.45, 2.75) is 51.6 Å². The maximum Gasteiger partial charge on any atom is 0.254 e. The smallest absolute Gasteiger partial charge is 0.254 e. The number of carbonyl (C=O) groups is 2. The van der Waals surface area contributed by atoms with E-state index < -0.39 is 0 Å². The molecule has 1 aliphatic heterocycles. The van der Waals surface area contributed by atoms with E-state index in [1.807, 2.05) is 18.2 Å². The van der Waals surface area contributed by atoms with Gasteiger partial charge in [-0.25, -0.2) is 4.98 Å². The van der Waals surface area contributed by atoms with Crippen molar-refractivity contribution in [3.05, 3.63) is 59.7 Å². The average molecular weight is 406 g/mol. The summed E-state index contributed by atoms with van der Waals surface area (Å²) in [4.78, 5) is 35.5. The Labute approximate surface area is 175 Å². The number of hydrogen-bond donors (Lipinski definition) is 1. The number of unbranched alkanes of at least 4 members (excludes halogenated alkanes) is 1. The van der Waals surface area contributed by atoms with Crippen molar-refractivity contribution in [2.75, 3.05) is 6.54 Å². The van der Waals surface area contributed by atoms with E-state index in [0.29, 0.717) is 42.1 Å². The number of rotatable bonds is 8. The van der Waals surface area contributed by atoms with Crippen LogP contribution in [0.5, 0.6) is 0 Å². The molecule has 7 nitrogen and oxygen atoms in total. The molecule has 7 heteroatoms. The van der Waals surface area contributed by atoms with Gasteiger partial charge in [-0.3, -0.25) is 14.6 Å². The van der Waals surface area contributed by atoms with Crippen LogP contribution in [0.25, 0.3) is 11.1 Å². The monoisotopic (exact) mass is 406 g/mol. The highest BCUT2D eigenvalue weighted by Gasteiger charge is 2.26. The molecule has 1 fully saturated rings. The highest BCUT2D eigenvalue weighted by atomic mass is 16.3. The lowest BCUT2D eigenvalue weighted by molar-refractivity contribution is -0.119. The average Bonchev–Trinajstić information content (AvgIpc) is 3.36. The number of fused-ring (bicyclic) bond motifs is 1. The van der Waals surface area contributed by atoms with Crippen molar-refractivity contribution in [3.8, 4) is 0 Å². The SMILES string of the molecule is CCCCc1nc2cc(C(=O)N(Cc3cccnc3)C[C@@H]3CCC(=O)N3)ccc2o1. The molecule has 1 aromatic carbocycles. The summed E-state index contributed by atoms with van der Waals surface area (Å²) in [7, 11) is 0. The lowest BCUT2D eigenvalue weighted by Crippen LogP contribution is -2.41. The number of benzene rings is 1. The number of nitrogens with zero attached hydrogens (tertiary/aromatic N) is 3. The van der Waals surface area contributed by atoms with E-state index in [1.54, 1.807) is 29.4 Å². The molecule has 0 unspecified atom stereocenters. The minimum atomic E-state index is -0.0972. The van der Waals surface area contributed by atoms with E-state index in [4.69, 9.17) is 4.42 Å². The molecule has 2 amide bonds. The molecule has 3 aromatic rings. The number of pyridine rings is 1. The number of oxazole rings is 1. The number of hydrogen-bond acceptors (Lipinski definition) is 5. The molecule has 1 saturated heterocycles. The summed E-state index contributed by atoms with van der Waals surface area (Å²) >= 11 is 0. The molecule has 0 radical (unpaired) electrons. The molecule has 30 heavy (non-hydrogen) atoms. The van der Waals surface area contributed by atoms with Gasteiger partial charge in [-0.2, -0.15) is 0 Å². The van der Waals surface area contributed by atoms with Crippen LogP contribution in [0.3, 0.4) is 0 Å². The topological polar surface area (TPSA) is 88.3 Å². The van der Waals surface area contributed by atoms with Crippen molar-refractivity contribution in [1.82, 2.24) is 20.2 Å². The molecule has 4 rings (SSSR count). The van der Waals surface area contributed by atoms with Crippen LogP contribution < -0.4 is 5.32 Å². The van der Waals surface area contributed by atoms with Gasteiger partial charge in [0.05, 0.1) is 0 Å². The zero-order chi connectivity index (χ0) is 20.9. The van der Waals surface area contributed by atoms with Gasteiger partial charge in [-0.05, 0) is 42.7 Å². The second-order valence-corrected chi connectivity index (χ2v) is 7.74. The fraction of sp³-hybridized carbons (Fsp3) is 0.391. The molecular weight excluding hydrogens is 380 g/mol. The van der Waals surface area contributed by atoms with Crippen LogP contribution in [-0.4, -0.2) is 39.3 Å². The van der Waals surface area contributed by atoms with E-state index >= 15 is 0 Å². The first-order valence-electron chi connectivity index (χ1n) is 10.5. The maximum absolute atomic E-state index is 13.4. The normalized spacial score (nSPS) is 16.0. The standard InChI is InChI=1S/C23H26N4O3/c1-2-3-6-22-26-19-12-17(7-9-20(19)30-22)23(29)27(14-16-5-4-11-24-13-16)15-18-8-10-21(28)25-18/h4-5,7,9,11-13,18H,2-3,6,8,10,14-15H2,1H3,(H,25,28)/t18-/m0/s1. The molecule has 3 heterocycles. The van der Waals surface area contributed by atoms with Crippen molar-refractivity contribution < 1.29 is 14.0 Å². The molecule has 0 aliphatic carbocycles. The Kier molecular flexibility index (Phi) is 6.07. The summed E-state index contributed by atoms with van der Waals surface area (Å²) < 4.78 is 5.79. The number of carbonyl (C=O) groups excluding carboxylic acids is 2. The molecular formula is C23H26N4O3. The Morgan fingerprint density at radius 1 is 1.33 bits per heavy atom. The first-order chi connectivity index (χ1) is 14.6. The molecule has 0 bridgehead atoms. The Morgan fingerprint density at radius 2 is 2.23 bits per heavy atom. The van der Waals surface area contributed by atoms with Crippen LogP contribution in [0.4, 0.5) is 0 Å². The zero-order valence-electron chi connectivity index (χ0n) is 17.1. The molecule has 1 atom stereocenters. The molecule has 0 spiro atoms. The quantitative estimate of drug-likeness (QED) is 0.619. The van der Waals surface area contributed by atoms with Gasteiger partial charge in [0.15, 0.2) is 11.5 Å². The Bertz CT molecular complexity index is 1030. The Hall–Kier alpha value is -3.22. The van der Waals surface area contributed by atoms with Crippen LogP contribution in [0, 0.1) is 0 Å². The van der Waals surface area contributed by atoms with Crippen molar-refractivity contribution in [2.24, 2.45) is 0 Å². The van der Waals surface area contributed by atoms with Crippen molar-refractivity contribution in [1.29, 1.82) is 0 Å². The van der Waals surface area contributed by atoms with Gasteiger partial charge in [0, 0.05) is 49.9 Å². The molecule has 0 saturated carbocycles. The van der Waals surface area contributed by atoms with E-state index in [-0.39, 0.29) is 17.9 Å².